The summed E-state index contributed by atoms with van der Waals surface area (Å²) in [5.74, 6) is 0. The number of hydrogen-bond donors (Lipinski definition) is 1. The van der Waals surface area contributed by atoms with Gasteiger partial charge >= 0.3 is 6.03 Å². The fourth-order valence-corrected chi connectivity index (χ4v) is 3.86. The van der Waals surface area contributed by atoms with E-state index in [1.54, 1.807) is 17.0 Å². The maximum Gasteiger partial charge on any atom is 0.324 e. The Morgan fingerprint density at radius 3 is 2.07 bits per heavy atom. The Kier molecular flexibility index (Phi) is 6.22. The number of carbonyl (C=O) groups is 1. The lowest BCUT2D eigenvalue weighted by atomic mass is 9.87. The average Bonchev–Trinajstić information content (AvgIpc) is 2.65. The van der Waals surface area contributed by atoms with Gasteiger partial charge < -0.3 is 4.90 Å². The molecule has 0 saturated carbocycles. The standard InChI is InChI=1S/C23H29N3O3S/c1-23(2,3)20-10-6-18(7-11-20)16-25-14-5-15-26(22(25)27)17-19-8-12-21(13-9-19)24-30(4,28)29/h5-13,15,24H,14,16-17H2,1-4H3. The van der Waals surface area contributed by atoms with Crippen molar-refractivity contribution in [3.8, 4) is 0 Å². The molecule has 1 aliphatic heterocycles. The normalized spacial score (nSPS) is 14.9. The zero-order valence-electron chi connectivity index (χ0n) is 17.9. The van der Waals surface area contributed by atoms with E-state index in [1.165, 1.54) is 5.56 Å². The molecule has 0 spiro atoms. The Hall–Kier alpha value is -2.80. The molecule has 6 nitrogen and oxygen atoms in total. The molecule has 2 amide bonds. The molecule has 0 bridgehead atoms. The minimum absolute atomic E-state index is 0.0456. The van der Waals surface area contributed by atoms with Crippen LogP contribution in [0.1, 0.15) is 37.5 Å². The van der Waals surface area contributed by atoms with E-state index in [1.807, 2.05) is 29.3 Å². The second-order valence-corrected chi connectivity index (χ2v) is 10.4. The lowest BCUT2D eigenvalue weighted by Gasteiger charge is -2.31. The molecular formula is C23H29N3O3S. The molecule has 160 valence electrons. The highest BCUT2D eigenvalue weighted by atomic mass is 32.2. The summed E-state index contributed by atoms with van der Waals surface area (Å²) in [5, 5.41) is 0. The molecule has 0 aromatic heterocycles. The van der Waals surface area contributed by atoms with Gasteiger partial charge in [0.05, 0.1) is 12.8 Å². The van der Waals surface area contributed by atoms with E-state index in [-0.39, 0.29) is 11.4 Å². The zero-order valence-corrected chi connectivity index (χ0v) is 18.7. The second-order valence-electron chi connectivity index (χ2n) is 8.69. The van der Waals surface area contributed by atoms with Crippen LogP contribution in [0.15, 0.2) is 60.8 Å². The number of amides is 2. The molecule has 1 N–H and O–H groups in total. The fraction of sp³-hybridized carbons (Fsp3) is 0.348. The van der Waals surface area contributed by atoms with E-state index in [0.717, 1.165) is 17.4 Å². The molecule has 0 atom stereocenters. The number of rotatable bonds is 6. The first kappa shape index (κ1) is 21.9. The van der Waals surface area contributed by atoms with Gasteiger partial charge in [0.2, 0.25) is 10.0 Å². The molecule has 1 heterocycles. The summed E-state index contributed by atoms with van der Waals surface area (Å²) in [6.07, 6.45) is 4.90. The zero-order chi connectivity index (χ0) is 21.9. The van der Waals surface area contributed by atoms with E-state index < -0.39 is 10.0 Å². The maximum atomic E-state index is 12.9. The predicted molar refractivity (Wildman–Crippen MR) is 121 cm³/mol. The summed E-state index contributed by atoms with van der Waals surface area (Å²) < 4.78 is 25.1. The number of sulfonamides is 1. The van der Waals surface area contributed by atoms with Crippen molar-refractivity contribution in [2.45, 2.75) is 39.3 Å². The van der Waals surface area contributed by atoms with E-state index in [2.05, 4.69) is 49.8 Å². The van der Waals surface area contributed by atoms with Crippen molar-refractivity contribution in [3.63, 3.8) is 0 Å². The predicted octanol–water partition coefficient (Wildman–Crippen LogP) is 4.31. The van der Waals surface area contributed by atoms with Gasteiger partial charge in [-0.2, -0.15) is 0 Å². The molecule has 0 unspecified atom stereocenters. The Labute approximate surface area is 179 Å². The monoisotopic (exact) mass is 427 g/mol. The first-order chi connectivity index (χ1) is 14.0. The molecule has 7 heteroatoms. The van der Waals surface area contributed by atoms with Crippen LogP contribution in [0.4, 0.5) is 10.5 Å². The highest BCUT2D eigenvalue weighted by Gasteiger charge is 2.23. The molecule has 1 aliphatic rings. The molecule has 30 heavy (non-hydrogen) atoms. The van der Waals surface area contributed by atoms with Crippen LogP contribution in [0.25, 0.3) is 0 Å². The topological polar surface area (TPSA) is 69.7 Å². The van der Waals surface area contributed by atoms with Crippen molar-refractivity contribution in [2.24, 2.45) is 0 Å². The third kappa shape index (κ3) is 5.86. The average molecular weight is 428 g/mol. The van der Waals surface area contributed by atoms with Crippen LogP contribution in [0, 0.1) is 0 Å². The number of hydrogen-bond acceptors (Lipinski definition) is 3. The van der Waals surface area contributed by atoms with E-state index in [4.69, 9.17) is 0 Å². The summed E-state index contributed by atoms with van der Waals surface area (Å²) >= 11 is 0. The van der Waals surface area contributed by atoms with E-state index >= 15 is 0 Å². The largest absolute Gasteiger partial charge is 0.324 e. The van der Waals surface area contributed by atoms with Gasteiger partial charge in [0, 0.05) is 25.0 Å². The van der Waals surface area contributed by atoms with E-state index in [0.29, 0.717) is 25.3 Å². The third-order valence-corrected chi connectivity index (χ3v) is 5.54. The van der Waals surface area contributed by atoms with Gasteiger partial charge in [-0.15, -0.1) is 0 Å². The number of anilines is 1. The maximum absolute atomic E-state index is 12.9. The first-order valence-corrected chi connectivity index (χ1v) is 11.8. The summed E-state index contributed by atoms with van der Waals surface area (Å²) in [4.78, 5) is 16.4. The first-order valence-electron chi connectivity index (χ1n) is 9.90. The minimum atomic E-state index is -3.31. The Balaban J connectivity index is 1.64. The highest BCUT2D eigenvalue weighted by molar-refractivity contribution is 7.92. The SMILES string of the molecule is CC(C)(C)c1ccc(CN2CC=CN(Cc3ccc(NS(C)(=O)=O)cc3)C2=O)cc1. The molecule has 3 rings (SSSR count). The fourth-order valence-electron chi connectivity index (χ4n) is 3.30. The van der Waals surface area contributed by atoms with Crippen LogP contribution in [-0.4, -0.2) is 37.0 Å². The lowest BCUT2D eigenvalue weighted by Crippen LogP contribution is -2.42. The number of carbonyl (C=O) groups excluding carboxylic acids is 1. The van der Waals surface area contributed by atoms with Crippen molar-refractivity contribution in [3.05, 3.63) is 77.5 Å². The molecule has 2 aromatic rings. The third-order valence-electron chi connectivity index (χ3n) is 4.93. The molecule has 0 fully saturated rings. The molecule has 0 aliphatic carbocycles. The van der Waals surface area contributed by atoms with Crippen LogP contribution in [-0.2, 0) is 28.5 Å². The van der Waals surface area contributed by atoms with Gasteiger partial charge in [0.1, 0.15) is 0 Å². The van der Waals surface area contributed by atoms with Gasteiger partial charge in [0.15, 0.2) is 0 Å². The van der Waals surface area contributed by atoms with Gasteiger partial charge in [-0.25, -0.2) is 13.2 Å². The number of nitrogens with zero attached hydrogens (tertiary/aromatic N) is 2. The van der Waals surface area contributed by atoms with Gasteiger partial charge in [-0.3, -0.25) is 9.62 Å². The Morgan fingerprint density at radius 1 is 0.933 bits per heavy atom. The van der Waals surface area contributed by atoms with Crippen LogP contribution in [0.5, 0.6) is 0 Å². The Morgan fingerprint density at radius 2 is 1.50 bits per heavy atom. The quantitative estimate of drug-likeness (QED) is 0.747. The Bertz CT molecular complexity index is 1020. The van der Waals surface area contributed by atoms with Crippen LogP contribution in [0.2, 0.25) is 0 Å². The summed E-state index contributed by atoms with van der Waals surface area (Å²) in [6.45, 7) is 8.11. The highest BCUT2D eigenvalue weighted by Crippen LogP contribution is 2.23. The van der Waals surface area contributed by atoms with Gasteiger partial charge in [-0.05, 0) is 40.3 Å². The summed E-state index contributed by atoms with van der Waals surface area (Å²) in [5.41, 5.74) is 3.89. The van der Waals surface area contributed by atoms with Crippen molar-refractivity contribution < 1.29 is 13.2 Å². The second kappa shape index (κ2) is 8.52. The molecule has 0 saturated heterocycles. The number of benzene rings is 2. The van der Waals surface area contributed by atoms with Crippen LogP contribution in [0.3, 0.4) is 0 Å². The van der Waals surface area contributed by atoms with E-state index in [9.17, 15) is 13.2 Å². The lowest BCUT2D eigenvalue weighted by molar-refractivity contribution is 0.164. The van der Waals surface area contributed by atoms with Crippen molar-refractivity contribution in [1.29, 1.82) is 0 Å². The number of nitrogens with one attached hydrogen (secondary N) is 1. The van der Waals surface area contributed by atoms with Crippen LogP contribution >= 0.6 is 0 Å². The number of urea groups is 1. The smallest absolute Gasteiger partial charge is 0.316 e. The molecule has 0 radical (unpaired) electrons. The van der Waals surface area contributed by atoms with Crippen molar-refractivity contribution in [2.75, 3.05) is 17.5 Å². The summed E-state index contributed by atoms with van der Waals surface area (Å²) in [7, 11) is -3.31. The van der Waals surface area contributed by atoms with Crippen LogP contribution < -0.4 is 4.72 Å². The molecule has 2 aromatic carbocycles. The van der Waals surface area contributed by atoms with Crippen molar-refractivity contribution in [1.82, 2.24) is 9.80 Å². The van der Waals surface area contributed by atoms with Gasteiger partial charge in [-0.1, -0.05) is 57.2 Å². The van der Waals surface area contributed by atoms with Gasteiger partial charge in [0.25, 0.3) is 0 Å². The molecular weight excluding hydrogens is 398 g/mol. The summed E-state index contributed by atoms with van der Waals surface area (Å²) in [6, 6.07) is 15.4. The van der Waals surface area contributed by atoms with Crippen molar-refractivity contribution >= 4 is 21.7 Å². The minimum Gasteiger partial charge on any atom is -0.316 e.